The molecule has 2 aliphatic heterocycles. The minimum atomic E-state index is -2.39. The lowest BCUT2D eigenvalue weighted by Crippen LogP contribution is -2.13. The summed E-state index contributed by atoms with van der Waals surface area (Å²) in [5.74, 6) is 1.40. The number of benzene rings is 1. The first-order chi connectivity index (χ1) is 9.69. The topological polar surface area (TPSA) is 74.2 Å². The number of hydrogen-bond acceptors (Lipinski definition) is 5. The Morgan fingerprint density at radius 2 is 2.15 bits per heavy atom. The second-order valence-electron chi connectivity index (χ2n) is 4.93. The molecule has 2 saturated heterocycles. The Kier molecular flexibility index (Phi) is 3.93. The van der Waals surface area contributed by atoms with Crippen LogP contribution in [0.4, 0.5) is 0 Å². The first kappa shape index (κ1) is 13.8. The molecule has 2 aliphatic rings. The summed E-state index contributed by atoms with van der Waals surface area (Å²) in [4.78, 5) is 0. The molecule has 0 radical (unpaired) electrons. The van der Waals surface area contributed by atoms with E-state index in [-0.39, 0.29) is 11.9 Å². The van der Waals surface area contributed by atoms with Crippen molar-refractivity contribution in [2.45, 2.75) is 6.10 Å². The second kappa shape index (κ2) is 5.69. The van der Waals surface area contributed by atoms with Crippen molar-refractivity contribution in [3.8, 4) is 11.5 Å². The first-order valence-electron chi connectivity index (χ1n) is 6.35. The van der Waals surface area contributed by atoms with E-state index in [0.29, 0.717) is 30.8 Å². The molecule has 1 aromatic rings. The zero-order valence-electron chi connectivity index (χ0n) is 11.0. The van der Waals surface area contributed by atoms with Crippen molar-refractivity contribution in [3.05, 3.63) is 23.8 Å². The summed E-state index contributed by atoms with van der Waals surface area (Å²) in [7, 11) is 1.48. The fourth-order valence-corrected chi connectivity index (χ4v) is 3.11. The lowest BCUT2D eigenvalue weighted by Gasteiger charge is -2.18. The second-order valence-corrected chi connectivity index (χ2v) is 5.53. The van der Waals surface area contributed by atoms with E-state index in [0.717, 1.165) is 12.2 Å². The molecule has 3 rings (SSSR count). The number of methoxy groups -OCH3 is 1. The van der Waals surface area contributed by atoms with Gasteiger partial charge in [0.2, 0.25) is 0 Å². The van der Waals surface area contributed by atoms with Crippen molar-refractivity contribution in [2.75, 3.05) is 26.9 Å². The fraction of sp³-hybridized carbons (Fsp3) is 0.538. The molecular weight excluding hydrogens is 284 g/mol. The van der Waals surface area contributed by atoms with Crippen molar-refractivity contribution >= 4 is 11.4 Å². The molecule has 20 heavy (non-hydrogen) atoms. The number of fused-ring (bicyclic) bond motifs is 1. The molecule has 3 unspecified atom stereocenters. The smallest absolute Gasteiger partial charge is 0.357 e. The summed E-state index contributed by atoms with van der Waals surface area (Å²) in [5, 5.41) is 0. The van der Waals surface area contributed by atoms with E-state index in [4.69, 9.17) is 22.9 Å². The van der Waals surface area contributed by atoms with Crippen molar-refractivity contribution in [1.29, 1.82) is 0 Å². The van der Waals surface area contributed by atoms with E-state index < -0.39 is 11.4 Å². The van der Waals surface area contributed by atoms with E-state index in [1.54, 1.807) is 12.1 Å². The number of hydrogen-bond donors (Lipinski definition) is 1. The Morgan fingerprint density at radius 1 is 1.30 bits per heavy atom. The Labute approximate surface area is 119 Å². The first-order valence-corrected chi connectivity index (χ1v) is 7.38. The van der Waals surface area contributed by atoms with Gasteiger partial charge in [0.05, 0.1) is 33.0 Å². The molecule has 7 heteroatoms. The van der Waals surface area contributed by atoms with E-state index >= 15 is 0 Å². The maximum atomic E-state index is 10.8. The van der Waals surface area contributed by atoms with Gasteiger partial charge in [-0.15, -0.1) is 0 Å². The van der Waals surface area contributed by atoms with Crippen molar-refractivity contribution in [1.82, 2.24) is 0 Å². The van der Waals surface area contributed by atoms with Crippen LogP contribution in [0.2, 0.25) is 0 Å². The average molecular weight is 300 g/mol. The van der Waals surface area contributed by atoms with Crippen LogP contribution in [-0.2, 0) is 20.8 Å². The van der Waals surface area contributed by atoms with Crippen LogP contribution in [0.25, 0.3) is 0 Å². The highest BCUT2D eigenvalue weighted by atomic mass is 32.2. The zero-order valence-corrected chi connectivity index (χ0v) is 11.8. The monoisotopic (exact) mass is 300 g/mol. The molecule has 6 nitrogen and oxygen atoms in total. The molecule has 0 amide bonds. The van der Waals surface area contributed by atoms with Gasteiger partial charge in [-0.2, -0.15) is 4.21 Å². The molecule has 1 aromatic carbocycles. The van der Waals surface area contributed by atoms with E-state index in [9.17, 15) is 4.21 Å². The maximum Gasteiger partial charge on any atom is 0.357 e. The van der Waals surface area contributed by atoms with Gasteiger partial charge in [-0.05, 0) is 17.7 Å². The SMILES string of the molecule is COc1ccc([C@@H]2OCC3COCC32)cc1OS(=O)O. The van der Waals surface area contributed by atoms with Crippen LogP contribution < -0.4 is 8.92 Å². The lowest BCUT2D eigenvalue weighted by atomic mass is 9.90. The van der Waals surface area contributed by atoms with Gasteiger partial charge in [-0.1, -0.05) is 6.07 Å². The largest absolute Gasteiger partial charge is 0.493 e. The van der Waals surface area contributed by atoms with Gasteiger partial charge in [-0.25, -0.2) is 0 Å². The highest BCUT2D eigenvalue weighted by Crippen LogP contribution is 2.43. The summed E-state index contributed by atoms with van der Waals surface area (Å²) < 4.78 is 41.0. The third kappa shape index (κ3) is 2.54. The van der Waals surface area contributed by atoms with Crippen LogP contribution in [0.1, 0.15) is 11.7 Å². The highest BCUT2D eigenvalue weighted by molar-refractivity contribution is 7.74. The van der Waals surface area contributed by atoms with Crippen molar-refractivity contribution < 1.29 is 27.2 Å². The summed E-state index contributed by atoms with van der Waals surface area (Å²) in [5.41, 5.74) is 0.907. The van der Waals surface area contributed by atoms with E-state index in [1.165, 1.54) is 7.11 Å². The molecule has 4 atom stereocenters. The molecule has 110 valence electrons. The van der Waals surface area contributed by atoms with Gasteiger partial charge in [0.25, 0.3) is 0 Å². The molecule has 0 aliphatic carbocycles. The summed E-state index contributed by atoms with van der Waals surface area (Å²) in [6.07, 6.45) is -0.0668. The molecular formula is C13H16O6S. The Balaban J connectivity index is 1.88. The van der Waals surface area contributed by atoms with Gasteiger partial charge in [0, 0.05) is 11.8 Å². The van der Waals surface area contributed by atoms with Crippen LogP contribution in [0.3, 0.4) is 0 Å². The minimum Gasteiger partial charge on any atom is -0.493 e. The van der Waals surface area contributed by atoms with Crippen LogP contribution in [0.5, 0.6) is 11.5 Å². The lowest BCUT2D eigenvalue weighted by molar-refractivity contribution is 0.0501. The third-order valence-electron chi connectivity index (χ3n) is 3.80. The van der Waals surface area contributed by atoms with Crippen LogP contribution in [-0.4, -0.2) is 35.7 Å². The Morgan fingerprint density at radius 3 is 2.90 bits per heavy atom. The van der Waals surface area contributed by atoms with E-state index in [2.05, 4.69) is 0 Å². The average Bonchev–Trinajstić information content (AvgIpc) is 3.00. The number of ether oxygens (including phenoxy) is 3. The summed E-state index contributed by atoms with van der Waals surface area (Å²) in [6, 6.07) is 5.29. The van der Waals surface area contributed by atoms with Gasteiger partial charge in [0.1, 0.15) is 0 Å². The quantitative estimate of drug-likeness (QED) is 0.850. The Bertz CT molecular complexity index is 520. The highest BCUT2D eigenvalue weighted by Gasteiger charge is 2.42. The van der Waals surface area contributed by atoms with Crippen molar-refractivity contribution in [3.63, 3.8) is 0 Å². The van der Waals surface area contributed by atoms with Crippen LogP contribution in [0.15, 0.2) is 18.2 Å². The molecule has 0 bridgehead atoms. The molecule has 1 N–H and O–H groups in total. The van der Waals surface area contributed by atoms with E-state index in [1.807, 2.05) is 6.07 Å². The van der Waals surface area contributed by atoms with Gasteiger partial charge >= 0.3 is 11.4 Å². The summed E-state index contributed by atoms with van der Waals surface area (Å²) in [6.45, 7) is 2.11. The van der Waals surface area contributed by atoms with Gasteiger partial charge in [0.15, 0.2) is 11.5 Å². The molecule has 0 spiro atoms. The molecule has 0 saturated carbocycles. The Hall–Kier alpha value is -1.15. The predicted octanol–water partition coefficient (Wildman–Crippen LogP) is 1.54. The molecule has 2 fully saturated rings. The normalized spacial score (nSPS) is 30.0. The third-order valence-corrected chi connectivity index (χ3v) is 4.13. The number of rotatable bonds is 4. The fourth-order valence-electron chi connectivity index (χ4n) is 2.83. The predicted molar refractivity (Wildman–Crippen MR) is 70.9 cm³/mol. The van der Waals surface area contributed by atoms with Gasteiger partial charge in [-0.3, -0.25) is 4.55 Å². The van der Waals surface area contributed by atoms with Crippen LogP contribution >= 0.6 is 0 Å². The van der Waals surface area contributed by atoms with Gasteiger partial charge < -0.3 is 18.4 Å². The zero-order chi connectivity index (χ0) is 14.1. The molecule has 0 aromatic heterocycles. The maximum absolute atomic E-state index is 10.8. The standard InChI is InChI=1S/C13H16O6S/c1-16-11-3-2-8(4-12(11)19-20(14)15)13-10-7-17-5-9(10)6-18-13/h2-4,9-10,13H,5-7H2,1H3,(H,14,15)/t9?,10?,13-/m0/s1. The summed E-state index contributed by atoms with van der Waals surface area (Å²) >= 11 is -2.39. The minimum absolute atomic E-state index is 0.0668. The molecule has 2 heterocycles. The van der Waals surface area contributed by atoms with Crippen molar-refractivity contribution in [2.24, 2.45) is 11.8 Å². The van der Waals surface area contributed by atoms with Crippen LogP contribution in [0, 0.1) is 11.8 Å².